The minimum atomic E-state index is -0.583. The van der Waals surface area contributed by atoms with Crippen molar-refractivity contribution in [1.29, 1.82) is 0 Å². The molecule has 110 valence electrons. The second kappa shape index (κ2) is 4.69. The average molecular weight is 298 g/mol. The SMILES string of the molecule is O=C1OCCN1c1nc(=O)c2cnn(-c3ccccc3)c2o1. The van der Waals surface area contributed by atoms with Crippen LogP contribution in [-0.2, 0) is 4.74 Å². The molecule has 1 aliphatic heterocycles. The highest BCUT2D eigenvalue weighted by molar-refractivity contribution is 5.87. The molecule has 0 radical (unpaired) electrons. The molecule has 0 N–H and O–H groups in total. The zero-order valence-electron chi connectivity index (χ0n) is 11.3. The summed E-state index contributed by atoms with van der Waals surface area (Å²) in [4.78, 5) is 28.7. The second-order valence-electron chi connectivity index (χ2n) is 4.68. The molecular weight excluding hydrogens is 288 g/mol. The number of rotatable bonds is 2. The Bertz CT molecular complexity index is 915. The number of anilines is 1. The van der Waals surface area contributed by atoms with Crippen LogP contribution in [0.15, 0.2) is 45.7 Å². The van der Waals surface area contributed by atoms with Crippen molar-refractivity contribution in [3.63, 3.8) is 0 Å². The van der Waals surface area contributed by atoms with E-state index in [0.29, 0.717) is 6.54 Å². The summed E-state index contributed by atoms with van der Waals surface area (Å²) in [5.74, 6) is 0. The fraction of sp³-hybridized carbons (Fsp3) is 0.143. The van der Waals surface area contributed by atoms with Gasteiger partial charge in [-0.3, -0.25) is 4.79 Å². The molecule has 8 nitrogen and oxygen atoms in total. The molecule has 8 heteroatoms. The normalized spacial score (nSPS) is 14.5. The first kappa shape index (κ1) is 12.6. The van der Waals surface area contributed by atoms with Crippen molar-refractivity contribution in [2.75, 3.05) is 18.1 Å². The number of para-hydroxylation sites is 1. The first-order valence-corrected chi connectivity index (χ1v) is 6.62. The van der Waals surface area contributed by atoms with Gasteiger partial charge in [0.15, 0.2) is 0 Å². The molecule has 1 amide bonds. The van der Waals surface area contributed by atoms with E-state index < -0.39 is 11.7 Å². The van der Waals surface area contributed by atoms with Crippen LogP contribution in [0.25, 0.3) is 16.8 Å². The molecule has 1 aliphatic rings. The first-order valence-electron chi connectivity index (χ1n) is 6.62. The number of carbonyl (C=O) groups is 1. The maximum absolute atomic E-state index is 12.1. The molecule has 3 aromatic rings. The number of fused-ring (bicyclic) bond motifs is 1. The van der Waals surface area contributed by atoms with E-state index in [1.54, 1.807) is 0 Å². The Kier molecular flexibility index (Phi) is 2.68. The Labute approximate surface area is 123 Å². The van der Waals surface area contributed by atoms with Gasteiger partial charge < -0.3 is 9.15 Å². The van der Waals surface area contributed by atoms with E-state index in [1.807, 2.05) is 30.3 Å². The average Bonchev–Trinajstić information content (AvgIpc) is 3.14. The molecular formula is C14H10N4O4. The van der Waals surface area contributed by atoms with Gasteiger partial charge in [0.1, 0.15) is 12.0 Å². The fourth-order valence-corrected chi connectivity index (χ4v) is 2.27. The molecule has 0 aliphatic carbocycles. The summed E-state index contributed by atoms with van der Waals surface area (Å²) >= 11 is 0. The Morgan fingerprint density at radius 2 is 1.95 bits per heavy atom. The third-order valence-electron chi connectivity index (χ3n) is 3.33. The largest absolute Gasteiger partial charge is 0.447 e. The van der Waals surface area contributed by atoms with Crippen LogP contribution in [0.3, 0.4) is 0 Å². The lowest BCUT2D eigenvalue weighted by atomic mass is 10.3. The molecule has 1 fully saturated rings. The summed E-state index contributed by atoms with van der Waals surface area (Å²) in [6, 6.07) is 9.14. The number of hydrogen-bond acceptors (Lipinski definition) is 6. The van der Waals surface area contributed by atoms with Crippen molar-refractivity contribution >= 4 is 23.2 Å². The van der Waals surface area contributed by atoms with Crippen molar-refractivity contribution in [3.8, 4) is 5.69 Å². The number of ether oxygens (including phenoxy) is 1. The lowest BCUT2D eigenvalue weighted by molar-refractivity contribution is 0.180. The second-order valence-corrected chi connectivity index (χ2v) is 4.68. The highest BCUT2D eigenvalue weighted by Gasteiger charge is 2.28. The lowest BCUT2D eigenvalue weighted by Crippen LogP contribution is -2.26. The molecule has 0 unspecified atom stereocenters. The maximum Gasteiger partial charge on any atom is 0.418 e. The number of hydrogen-bond donors (Lipinski definition) is 0. The number of cyclic esters (lactones) is 1. The Balaban J connectivity index is 1.92. The van der Waals surface area contributed by atoms with Gasteiger partial charge in [-0.2, -0.15) is 14.8 Å². The number of nitrogens with zero attached hydrogens (tertiary/aromatic N) is 4. The van der Waals surface area contributed by atoms with Crippen LogP contribution in [0.5, 0.6) is 0 Å². The summed E-state index contributed by atoms with van der Waals surface area (Å²) in [7, 11) is 0. The van der Waals surface area contributed by atoms with Crippen LogP contribution in [0.4, 0.5) is 10.8 Å². The van der Waals surface area contributed by atoms with E-state index in [2.05, 4.69) is 10.1 Å². The third kappa shape index (κ3) is 1.85. The van der Waals surface area contributed by atoms with E-state index in [1.165, 1.54) is 15.8 Å². The molecule has 0 bridgehead atoms. The lowest BCUT2D eigenvalue weighted by Gasteiger charge is -2.09. The number of carbonyl (C=O) groups excluding carboxylic acids is 1. The van der Waals surface area contributed by atoms with Gasteiger partial charge in [0.25, 0.3) is 5.56 Å². The van der Waals surface area contributed by atoms with Crippen LogP contribution in [0.2, 0.25) is 0 Å². The van der Waals surface area contributed by atoms with E-state index in [4.69, 9.17) is 9.15 Å². The van der Waals surface area contributed by atoms with Crippen molar-refractivity contribution in [3.05, 3.63) is 46.9 Å². The summed E-state index contributed by atoms with van der Waals surface area (Å²) in [5.41, 5.74) is 0.473. The van der Waals surface area contributed by atoms with Gasteiger partial charge in [-0.1, -0.05) is 18.2 Å². The molecule has 0 atom stereocenters. The van der Waals surface area contributed by atoms with Crippen LogP contribution in [0, 0.1) is 0 Å². The van der Waals surface area contributed by atoms with Crippen molar-refractivity contribution in [1.82, 2.24) is 14.8 Å². The Morgan fingerprint density at radius 3 is 2.68 bits per heavy atom. The summed E-state index contributed by atoms with van der Waals surface area (Å²) in [6.07, 6.45) is 0.813. The van der Waals surface area contributed by atoms with Crippen LogP contribution >= 0.6 is 0 Å². The standard InChI is InChI=1S/C14H10N4O4/c19-11-10-8-15-18(9-4-2-1-3-5-9)12(10)22-13(16-11)17-6-7-21-14(17)20/h1-5,8H,6-7H2. The minimum absolute atomic E-state index is 0.0855. The minimum Gasteiger partial charge on any atom is -0.447 e. The van der Waals surface area contributed by atoms with Crippen molar-refractivity contribution < 1.29 is 13.9 Å². The predicted octanol–water partition coefficient (Wildman–Crippen LogP) is 1.33. The Hall–Kier alpha value is -3.16. The first-order chi connectivity index (χ1) is 10.7. The quantitative estimate of drug-likeness (QED) is 0.709. The smallest absolute Gasteiger partial charge is 0.418 e. The summed E-state index contributed by atoms with van der Waals surface area (Å²) in [6.45, 7) is 0.528. The number of benzene rings is 1. The molecule has 2 aromatic heterocycles. The molecule has 0 spiro atoms. The van der Waals surface area contributed by atoms with E-state index in [9.17, 15) is 9.59 Å². The predicted molar refractivity (Wildman–Crippen MR) is 76.1 cm³/mol. The maximum atomic E-state index is 12.1. The van der Waals surface area contributed by atoms with Gasteiger partial charge in [-0.15, -0.1) is 0 Å². The van der Waals surface area contributed by atoms with Crippen molar-refractivity contribution in [2.45, 2.75) is 0 Å². The molecule has 1 saturated heterocycles. The third-order valence-corrected chi connectivity index (χ3v) is 3.33. The monoisotopic (exact) mass is 298 g/mol. The molecule has 3 heterocycles. The fourth-order valence-electron chi connectivity index (χ4n) is 2.27. The molecule has 22 heavy (non-hydrogen) atoms. The van der Waals surface area contributed by atoms with Crippen LogP contribution in [-0.4, -0.2) is 34.0 Å². The van der Waals surface area contributed by atoms with Crippen LogP contribution < -0.4 is 10.5 Å². The van der Waals surface area contributed by atoms with Gasteiger partial charge in [0, 0.05) is 0 Å². The zero-order chi connectivity index (χ0) is 15.1. The van der Waals surface area contributed by atoms with Gasteiger partial charge in [-0.05, 0) is 12.1 Å². The summed E-state index contributed by atoms with van der Waals surface area (Å²) < 4.78 is 12.0. The number of amides is 1. The van der Waals surface area contributed by atoms with Crippen LogP contribution in [0.1, 0.15) is 0 Å². The molecule has 1 aromatic carbocycles. The molecule has 4 rings (SSSR count). The van der Waals surface area contributed by atoms with Gasteiger partial charge in [0.05, 0.1) is 18.4 Å². The van der Waals surface area contributed by atoms with Crippen molar-refractivity contribution in [2.24, 2.45) is 0 Å². The zero-order valence-corrected chi connectivity index (χ0v) is 11.3. The van der Waals surface area contributed by atoms with Gasteiger partial charge in [-0.25, -0.2) is 9.69 Å². The Morgan fingerprint density at radius 1 is 1.14 bits per heavy atom. The number of aromatic nitrogens is 3. The molecule has 0 saturated carbocycles. The van der Waals surface area contributed by atoms with E-state index in [-0.39, 0.29) is 23.7 Å². The van der Waals surface area contributed by atoms with Gasteiger partial charge >= 0.3 is 12.1 Å². The summed E-state index contributed by atoms with van der Waals surface area (Å²) in [5, 5.41) is 4.41. The topological polar surface area (TPSA) is 90.5 Å². The van der Waals surface area contributed by atoms with E-state index >= 15 is 0 Å². The highest BCUT2D eigenvalue weighted by atomic mass is 16.6. The van der Waals surface area contributed by atoms with Gasteiger partial charge in [0.2, 0.25) is 5.71 Å². The van der Waals surface area contributed by atoms with E-state index in [0.717, 1.165) is 5.69 Å². The highest BCUT2D eigenvalue weighted by Crippen LogP contribution is 2.21.